The number of hydrogen-bond acceptors (Lipinski definition) is 4. The molecule has 0 bridgehead atoms. The second-order valence-corrected chi connectivity index (χ2v) is 15.1. The van der Waals surface area contributed by atoms with Gasteiger partial charge in [-0.05, 0) is 73.7 Å². The second kappa shape index (κ2) is 16.0. The van der Waals surface area contributed by atoms with Crippen molar-refractivity contribution in [3.8, 4) is 0 Å². The van der Waals surface area contributed by atoms with E-state index < -0.39 is 28.5 Å². The Bertz CT molecular complexity index is 1830. The minimum atomic E-state index is -4.24. The number of aryl methyl sites for hydroxylation is 2. The predicted octanol–water partition coefficient (Wildman–Crippen LogP) is 7.89. The summed E-state index contributed by atoms with van der Waals surface area (Å²) in [7, 11) is -4.24. The number of nitrogens with zero attached hydrogens (tertiary/aromatic N) is 2. The largest absolute Gasteiger partial charge is 0.352 e. The molecule has 1 N–H and O–H groups in total. The van der Waals surface area contributed by atoms with E-state index in [1.807, 2.05) is 56.3 Å². The van der Waals surface area contributed by atoms with Gasteiger partial charge in [-0.25, -0.2) is 8.42 Å². The highest BCUT2D eigenvalue weighted by Gasteiger charge is 2.35. The number of benzene rings is 4. The van der Waals surface area contributed by atoms with Crippen molar-refractivity contribution in [2.24, 2.45) is 0 Å². The fourth-order valence-electron chi connectivity index (χ4n) is 6.01. The molecule has 1 aliphatic rings. The summed E-state index contributed by atoms with van der Waals surface area (Å²) < 4.78 is 29.6. The third kappa shape index (κ3) is 8.78. The van der Waals surface area contributed by atoms with Gasteiger partial charge >= 0.3 is 0 Å². The van der Waals surface area contributed by atoms with Gasteiger partial charge in [0.2, 0.25) is 11.8 Å². The van der Waals surface area contributed by atoms with Crippen LogP contribution in [0.1, 0.15) is 54.4 Å². The first-order valence-corrected chi connectivity index (χ1v) is 18.5. The van der Waals surface area contributed by atoms with E-state index in [2.05, 4.69) is 5.32 Å². The van der Waals surface area contributed by atoms with Gasteiger partial charge in [-0.3, -0.25) is 13.9 Å². The van der Waals surface area contributed by atoms with Crippen LogP contribution in [-0.2, 0) is 32.6 Å². The van der Waals surface area contributed by atoms with Gasteiger partial charge in [0, 0.05) is 29.1 Å². The lowest BCUT2D eigenvalue weighted by Gasteiger charge is -2.35. The lowest BCUT2D eigenvalue weighted by molar-refractivity contribution is -0.140. The predicted molar refractivity (Wildman–Crippen MR) is 193 cm³/mol. The molecule has 1 atom stereocenters. The van der Waals surface area contributed by atoms with Crippen LogP contribution >= 0.6 is 23.2 Å². The van der Waals surface area contributed by atoms with E-state index in [-0.39, 0.29) is 35.5 Å². The number of sulfonamides is 1. The number of hydrogen-bond donors (Lipinski definition) is 1. The molecule has 0 unspecified atom stereocenters. The number of carbonyl (C=O) groups excluding carboxylic acids is 2. The Kier molecular flexibility index (Phi) is 11.8. The fraction of sp³-hybridized carbons (Fsp3) is 0.316. The molecule has 5 rings (SSSR count). The molecule has 4 aromatic carbocycles. The number of nitrogens with one attached hydrogen (secondary N) is 1. The highest BCUT2D eigenvalue weighted by Crippen LogP contribution is 2.30. The van der Waals surface area contributed by atoms with Crippen LogP contribution in [0.3, 0.4) is 0 Å². The Balaban J connectivity index is 1.58. The Morgan fingerprint density at radius 3 is 2.17 bits per heavy atom. The van der Waals surface area contributed by atoms with Gasteiger partial charge < -0.3 is 10.2 Å². The molecule has 0 saturated heterocycles. The van der Waals surface area contributed by atoms with E-state index in [1.54, 1.807) is 42.5 Å². The van der Waals surface area contributed by atoms with Crippen LogP contribution in [0.5, 0.6) is 0 Å². The number of rotatable bonds is 12. The summed E-state index contributed by atoms with van der Waals surface area (Å²) in [5, 5.41) is 4.03. The van der Waals surface area contributed by atoms with Crippen LogP contribution in [0.15, 0.2) is 102 Å². The van der Waals surface area contributed by atoms with Gasteiger partial charge in [0.05, 0.1) is 10.6 Å². The molecule has 0 radical (unpaired) electrons. The molecule has 0 heterocycles. The Morgan fingerprint density at radius 1 is 0.833 bits per heavy atom. The summed E-state index contributed by atoms with van der Waals surface area (Å²) in [5.41, 5.74) is 3.41. The zero-order valence-electron chi connectivity index (χ0n) is 27.2. The summed E-state index contributed by atoms with van der Waals surface area (Å²) in [4.78, 5) is 30.5. The van der Waals surface area contributed by atoms with E-state index in [9.17, 15) is 18.0 Å². The molecule has 0 aromatic heterocycles. The van der Waals surface area contributed by atoms with Crippen molar-refractivity contribution in [1.82, 2.24) is 10.2 Å². The van der Waals surface area contributed by atoms with Crippen LogP contribution in [0.4, 0.5) is 5.69 Å². The van der Waals surface area contributed by atoms with E-state index >= 15 is 0 Å². The average molecular weight is 707 g/mol. The standard InChI is InChI=1S/C38H41Cl2N3O4S/c1-27-17-21-33(22-18-27)48(46,47)43(32-20-19-28(2)35(40)24-32)26-37(44)42(25-30-13-9-10-16-34(30)39)36(23-29-11-5-3-6-12-29)38(45)41-31-14-7-4-8-15-31/h3,5-6,9-13,16-22,24,31,36H,4,7-8,14-15,23,25-26H2,1-2H3,(H,41,45)/t36-/m1/s1. The lowest BCUT2D eigenvalue weighted by Crippen LogP contribution is -2.55. The zero-order valence-corrected chi connectivity index (χ0v) is 29.6. The molecule has 1 aliphatic carbocycles. The summed E-state index contributed by atoms with van der Waals surface area (Å²) in [5.74, 6) is -0.834. The molecule has 0 aliphatic heterocycles. The monoisotopic (exact) mass is 705 g/mol. The van der Waals surface area contributed by atoms with Crippen molar-refractivity contribution >= 4 is 50.7 Å². The van der Waals surface area contributed by atoms with Crippen molar-refractivity contribution < 1.29 is 18.0 Å². The zero-order chi connectivity index (χ0) is 34.3. The van der Waals surface area contributed by atoms with Crippen molar-refractivity contribution in [2.45, 2.75) is 75.9 Å². The molecule has 0 spiro atoms. The van der Waals surface area contributed by atoms with Crippen LogP contribution < -0.4 is 9.62 Å². The summed E-state index contributed by atoms with van der Waals surface area (Å²) in [6.45, 7) is 3.12. The molecule has 4 aromatic rings. The molecule has 48 heavy (non-hydrogen) atoms. The van der Waals surface area contributed by atoms with Gasteiger partial charge in [-0.15, -0.1) is 0 Å². The molecular formula is C38H41Cl2N3O4S. The van der Waals surface area contributed by atoms with Crippen molar-refractivity contribution in [3.05, 3.63) is 129 Å². The second-order valence-electron chi connectivity index (χ2n) is 12.4. The van der Waals surface area contributed by atoms with E-state index in [0.717, 1.165) is 53.1 Å². The molecule has 252 valence electrons. The van der Waals surface area contributed by atoms with Crippen LogP contribution in [-0.4, -0.2) is 43.8 Å². The fourth-order valence-corrected chi connectivity index (χ4v) is 7.79. The van der Waals surface area contributed by atoms with Crippen LogP contribution in [0.25, 0.3) is 0 Å². The Hall–Kier alpha value is -3.85. The van der Waals surface area contributed by atoms with Gasteiger partial charge in [-0.2, -0.15) is 0 Å². The molecule has 7 nitrogen and oxygen atoms in total. The van der Waals surface area contributed by atoms with Crippen molar-refractivity contribution in [3.63, 3.8) is 0 Å². The highest BCUT2D eigenvalue weighted by atomic mass is 35.5. The number of anilines is 1. The third-order valence-corrected chi connectivity index (χ3v) is 11.4. The van der Waals surface area contributed by atoms with E-state index in [0.29, 0.717) is 15.6 Å². The quantitative estimate of drug-likeness (QED) is 0.162. The normalized spacial score (nSPS) is 14.2. The number of halogens is 2. The minimum Gasteiger partial charge on any atom is -0.352 e. The maximum Gasteiger partial charge on any atom is 0.264 e. The van der Waals surface area contributed by atoms with E-state index in [1.165, 1.54) is 17.0 Å². The lowest BCUT2D eigenvalue weighted by atomic mass is 9.94. The molecule has 10 heteroatoms. The molecular weight excluding hydrogens is 665 g/mol. The minimum absolute atomic E-state index is 0.00116. The van der Waals surface area contributed by atoms with Gasteiger partial charge in [0.25, 0.3) is 10.0 Å². The van der Waals surface area contributed by atoms with Gasteiger partial charge in [0.1, 0.15) is 12.6 Å². The molecule has 1 fully saturated rings. The summed E-state index contributed by atoms with van der Waals surface area (Å²) in [6.07, 6.45) is 5.17. The summed E-state index contributed by atoms with van der Waals surface area (Å²) in [6, 6.07) is 27.1. The van der Waals surface area contributed by atoms with Crippen molar-refractivity contribution in [2.75, 3.05) is 10.8 Å². The van der Waals surface area contributed by atoms with Gasteiger partial charge in [0.15, 0.2) is 0 Å². The average Bonchev–Trinajstić information content (AvgIpc) is 3.08. The highest BCUT2D eigenvalue weighted by molar-refractivity contribution is 7.92. The first kappa shape index (κ1) is 35.5. The van der Waals surface area contributed by atoms with Crippen LogP contribution in [0, 0.1) is 13.8 Å². The topological polar surface area (TPSA) is 86.8 Å². The first-order chi connectivity index (χ1) is 23.0. The number of carbonyl (C=O) groups is 2. The first-order valence-electron chi connectivity index (χ1n) is 16.3. The maximum atomic E-state index is 14.7. The number of amides is 2. The summed E-state index contributed by atoms with van der Waals surface area (Å²) >= 11 is 13.1. The van der Waals surface area contributed by atoms with Crippen LogP contribution in [0.2, 0.25) is 10.0 Å². The third-order valence-electron chi connectivity index (χ3n) is 8.85. The van der Waals surface area contributed by atoms with Gasteiger partial charge in [-0.1, -0.05) is 115 Å². The maximum absolute atomic E-state index is 14.7. The molecule has 2 amide bonds. The van der Waals surface area contributed by atoms with Crippen molar-refractivity contribution in [1.29, 1.82) is 0 Å². The molecule has 1 saturated carbocycles. The Labute approximate surface area is 293 Å². The smallest absolute Gasteiger partial charge is 0.264 e. The van der Waals surface area contributed by atoms with E-state index in [4.69, 9.17) is 23.2 Å². The Morgan fingerprint density at radius 2 is 1.50 bits per heavy atom. The SMILES string of the molecule is Cc1ccc(S(=O)(=O)N(CC(=O)N(Cc2ccccc2Cl)[C@H](Cc2ccccc2)C(=O)NC2CCCCC2)c2ccc(C)c(Cl)c2)cc1.